The molecule has 0 aromatic heterocycles. The van der Waals surface area contributed by atoms with Gasteiger partial charge in [-0.15, -0.1) is 0 Å². The molecule has 10 heteroatoms. The quantitative estimate of drug-likeness (QED) is 0.122. The van der Waals surface area contributed by atoms with Crippen LogP contribution in [0.15, 0.2) is 71.1 Å². The number of nitrogens with zero attached hydrogens (tertiary/aromatic N) is 1. The number of rotatable bonds is 8. The highest BCUT2D eigenvalue weighted by Crippen LogP contribution is 2.37. The van der Waals surface area contributed by atoms with E-state index in [4.69, 9.17) is 8.92 Å². The number of aryl methyl sites for hydroxylation is 1. The van der Waals surface area contributed by atoms with E-state index in [0.29, 0.717) is 14.8 Å². The molecule has 2 N–H and O–H groups in total. The van der Waals surface area contributed by atoms with Crippen molar-refractivity contribution in [3.63, 3.8) is 0 Å². The summed E-state index contributed by atoms with van der Waals surface area (Å²) in [5.41, 5.74) is 1.57. The lowest BCUT2D eigenvalue weighted by atomic mass is 10.1. The molecule has 0 radical (unpaired) electrons. The number of halogens is 1. The molecule has 0 spiro atoms. The van der Waals surface area contributed by atoms with Crippen LogP contribution in [0.3, 0.4) is 0 Å². The molecule has 0 saturated carbocycles. The van der Waals surface area contributed by atoms with E-state index in [-0.39, 0.29) is 34.3 Å². The summed E-state index contributed by atoms with van der Waals surface area (Å²) in [7, 11) is -4.12. The number of nitriles is 1. The largest absolute Gasteiger partial charge is 0.508 e. The predicted molar refractivity (Wildman–Crippen MR) is 140 cm³/mol. The lowest BCUT2D eigenvalue weighted by Gasteiger charge is -2.15. The number of phenolic OH excluding ortho intramolecular Hbond substituents is 1. The maximum Gasteiger partial charge on any atom is 0.339 e. The summed E-state index contributed by atoms with van der Waals surface area (Å²) >= 11 is 1.91. The molecule has 0 saturated heterocycles. The number of carbonyl (C=O) groups excluding carboxylic acids is 1. The normalized spacial score (nSPS) is 11.4. The van der Waals surface area contributed by atoms with Gasteiger partial charge in [0.15, 0.2) is 11.5 Å². The van der Waals surface area contributed by atoms with Crippen molar-refractivity contribution in [1.82, 2.24) is 0 Å². The Morgan fingerprint density at radius 3 is 2.40 bits per heavy atom. The van der Waals surface area contributed by atoms with E-state index < -0.39 is 16.0 Å². The SMILES string of the molecule is CCOc1cc(/C=C(\C#N)C(=O)Nc2ccc(O)cc2)cc(I)c1OS(=O)(=O)c1ccc(C)cc1. The van der Waals surface area contributed by atoms with E-state index in [9.17, 15) is 23.6 Å². The summed E-state index contributed by atoms with van der Waals surface area (Å²) in [6.07, 6.45) is 1.36. The number of aromatic hydroxyl groups is 1. The van der Waals surface area contributed by atoms with Crippen LogP contribution in [0.2, 0.25) is 0 Å². The fraction of sp³-hybridized carbons (Fsp3) is 0.120. The number of hydrogen-bond donors (Lipinski definition) is 2. The fourth-order valence-corrected chi connectivity index (χ4v) is 4.78. The molecule has 0 fully saturated rings. The summed E-state index contributed by atoms with van der Waals surface area (Å²) in [5.74, 6) is -0.438. The van der Waals surface area contributed by atoms with E-state index in [0.717, 1.165) is 5.56 Å². The van der Waals surface area contributed by atoms with Crippen LogP contribution in [0.1, 0.15) is 18.1 Å². The predicted octanol–water partition coefficient (Wildman–Crippen LogP) is 5.02. The summed E-state index contributed by atoms with van der Waals surface area (Å²) in [6.45, 7) is 3.82. The highest BCUT2D eigenvalue weighted by Gasteiger charge is 2.22. The second-order valence-corrected chi connectivity index (χ2v) is 9.99. The second-order valence-electron chi connectivity index (χ2n) is 7.28. The second kappa shape index (κ2) is 11.2. The monoisotopic (exact) mass is 604 g/mol. The van der Waals surface area contributed by atoms with Crippen molar-refractivity contribution in [1.29, 1.82) is 5.26 Å². The first kappa shape index (κ1) is 26.1. The average molecular weight is 604 g/mol. The molecule has 0 heterocycles. The topological polar surface area (TPSA) is 126 Å². The maximum absolute atomic E-state index is 12.8. The van der Waals surface area contributed by atoms with Crippen LogP contribution >= 0.6 is 22.6 Å². The van der Waals surface area contributed by atoms with Crippen molar-refractivity contribution < 1.29 is 27.2 Å². The van der Waals surface area contributed by atoms with Gasteiger partial charge in [-0.3, -0.25) is 4.79 Å². The zero-order valence-electron chi connectivity index (χ0n) is 18.8. The first-order chi connectivity index (χ1) is 16.6. The summed E-state index contributed by atoms with van der Waals surface area (Å²) in [6, 6.07) is 17.0. The summed E-state index contributed by atoms with van der Waals surface area (Å²) in [4.78, 5) is 12.6. The molecule has 8 nitrogen and oxygen atoms in total. The lowest BCUT2D eigenvalue weighted by Crippen LogP contribution is -2.13. The molecule has 1 amide bonds. The van der Waals surface area contributed by atoms with Crippen molar-refractivity contribution >= 4 is 50.4 Å². The van der Waals surface area contributed by atoms with Gasteiger partial charge in [0.1, 0.15) is 22.3 Å². The van der Waals surface area contributed by atoms with Crippen LogP contribution in [0.4, 0.5) is 5.69 Å². The number of hydrogen-bond acceptors (Lipinski definition) is 7. The van der Waals surface area contributed by atoms with Gasteiger partial charge < -0.3 is 19.3 Å². The van der Waals surface area contributed by atoms with Gasteiger partial charge >= 0.3 is 10.1 Å². The summed E-state index contributed by atoms with van der Waals surface area (Å²) in [5, 5.41) is 21.5. The van der Waals surface area contributed by atoms with Crippen molar-refractivity contribution in [3.8, 4) is 23.3 Å². The Balaban J connectivity index is 1.93. The van der Waals surface area contributed by atoms with Crippen molar-refractivity contribution in [2.24, 2.45) is 0 Å². The maximum atomic E-state index is 12.8. The number of amides is 1. The number of carbonyl (C=O) groups is 1. The number of nitrogens with one attached hydrogen (secondary N) is 1. The Kier molecular flexibility index (Phi) is 8.37. The molecular weight excluding hydrogens is 583 g/mol. The van der Waals surface area contributed by atoms with Crippen LogP contribution in [0.25, 0.3) is 6.08 Å². The molecule has 180 valence electrons. The standard InChI is InChI=1S/C25H21IN2O6S/c1-3-33-23-14-17(12-18(15-27)25(30)28-19-6-8-20(29)9-7-19)13-22(26)24(23)34-35(31,32)21-10-4-16(2)5-11-21/h4-14,29H,3H2,1-2H3,(H,28,30)/b18-12+. The van der Waals surface area contributed by atoms with Gasteiger partial charge in [-0.2, -0.15) is 13.7 Å². The minimum absolute atomic E-state index is 0.00277. The number of ether oxygens (including phenoxy) is 1. The van der Waals surface area contributed by atoms with Crippen LogP contribution < -0.4 is 14.2 Å². The third kappa shape index (κ3) is 6.74. The minimum atomic E-state index is -4.12. The van der Waals surface area contributed by atoms with E-state index >= 15 is 0 Å². The van der Waals surface area contributed by atoms with Crippen LogP contribution in [-0.2, 0) is 14.9 Å². The first-order valence-corrected chi connectivity index (χ1v) is 12.8. The molecule has 0 bridgehead atoms. The van der Waals surface area contributed by atoms with E-state index in [1.54, 1.807) is 25.1 Å². The summed E-state index contributed by atoms with van der Waals surface area (Å²) < 4.78 is 37.1. The lowest BCUT2D eigenvalue weighted by molar-refractivity contribution is -0.112. The van der Waals surface area contributed by atoms with Gasteiger partial charge in [0, 0.05) is 5.69 Å². The van der Waals surface area contributed by atoms with Gasteiger partial charge in [0.25, 0.3) is 5.91 Å². The molecule has 0 aliphatic rings. The van der Waals surface area contributed by atoms with Crippen LogP contribution in [0.5, 0.6) is 17.2 Å². The van der Waals surface area contributed by atoms with Crippen LogP contribution in [-0.4, -0.2) is 26.0 Å². The first-order valence-electron chi connectivity index (χ1n) is 10.3. The van der Waals surface area contributed by atoms with Crippen LogP contribution in [0, 0.1) is 21.8 Å². The Hall–Kier alpha value is -3.56. The molecule has 35 heavy (non-hydrogen) atoms. The fourth-order valence-electron chi connectivity index (χ4n) is 2.94. The van der Waals surface area contributed by atoms with Gasteiger partial charge in [0.2, 0.25) is 0 Å². The van der Waals surface area contributed by atoms with Gasteiger partial charge in [-0.1, -0.05) is 17.7 Å². The van der Waals surface area contributed by atoms with E-state index in [2.05, 4.69) is 5.32 Å². The Labute approximate surface area is 217 Å². The Morgan fingerprint density at radius 1 is 1.14 bits per heavy atom. The molecule has 3 aromatic carbocycles. The minimum Gasteiger partial charge on any atom is -0.508 e. The average Bonchev–Trinajstić information content (AvgIpc) is 2.81. The zero-order chi connectivity index (χ0) is 25.6. The number of anilines is 1. The van der Waals surface area contributed by atoms with Gasteiger partial charge in [0.05, 0.1) is 10.2 Å². The molecular formula is C25H21IN2O6S. The van der Waals surface area contributed by atoms with E-state index in [1.165, 1.54) is 48.5 Å². The van der Waals surface area contributed by atoms with Crippen molar-refractivity contribution in [2.75, 3.05) is 11.9 Å². The smallest absolute Gasteiger partial charge is 0.339 e. The molecule has 0 aliphatic heterocycles. The van der Waals surface area contributed by atoms with Gasteiger partial charge in [-0.25, -0.2) is 0 Å². The zero-order valence-corrected chi connectivity index (χ0v) is 21.8. The Bertz CT molecular complexity index is 1410. The number of phenols is 1. The molecule has 3 aromatic rings. The van der Waals surface area contributed by atoms with Crippen molar-refractivity contribution in [3.05, 3.63) is 80.9 Å². The van der Waals surface area contributed by atoms with Crippen molar-refractivity contribution in [2.45, 2.75) is 18.7 Å². The highest BCUT2D eigenvalue weighted by molar-refractivity contribution is 14.1. The molecule has 0 aliphatic carbocycles. The van der Waals surface area contributed by atoms with E-state index in [1.807, 2.05) is 35.6 Å². The van der Waals surface area contributed by atoms with Gasteiger partial charge in [-0.05, 0) is 96.6 Å². The molecule has 0 unspecified atom stereocenters. The molecule has 0 atom stereocenters. The highest BCUT2D eigenvalue weighted by atomic mass is 127. The Morgan fingerprint density at radius 2 is 1.80 bits per heavy atom. The third-order valence-electron chi connectivity index (χ3n) is 4.64. The number of benzene rings is 3. The third-order valence-corrected chi connectivity index (χ3v) is 6.67. The molecule has 3 rings (SSSR count).